The summed E-state index contributed by atoms with van der Waals surface area (Å²) in [6, 6.07) is 2.87. The largest absolute Gasteiger partial charge is 0.496 e. The van der Waals surface area contributed by atoms with Gasteiger partial charge in [0.05, 0.1) is 17.1 Å². The monoisotopic (exact) mass is 271 g/mol. The summed E-state index contributed by atoms with van der Waals surface area (Å²) in [5, 5.41) is 0. The van der Waals surface area contributed by atoms with Crippen LogP contribution in [0.15, 0.2) is 16.6 Å². The second-order valence-electron chi connectivity index (χ2n) is 3.64. The summed E-state index contributed by atoms with van der Waals surface area (Å²) in [4.78, 5) is 3.40. The van der Waals surface area contributed by atoms with Gasteiger partial charge in [-0.25, -0.2) is 11.0 Å². The van der Waals surface area contributed by atoms with Crippen molar-refractivity contribution in [1.82, 2.24) is 0 Å². The van der Waals surface area contributed by atoms with Gasteiger partial charge >= 0.3 is 0 Å². The lowest BCUT2D eigenvalue weighted by Gasteiger charge is -2.14. The first kappa shape index (κ1) is 12.0. The maximum Gasteiger partial charge on any atom is 0.255 e. The van der Waals surface area contributed by atoms with Crippen LogP contribution >= 0.6 is 15.9 Å². The standard InChI is InChI=1S/C11H11BrFNO/c1-11(2,14-3)7-5-10(15-4)8(12)6-9(7)13/h5-6H,1-2,4H3. The number of hydrogen-bond donors (Lipinski definition) is 0. The van der Waals surface area contributed by atoms with Crippen molar-refractivity contribution < 1.29 is 9.13 Å². The number of methoxy groups -OCH3 is 1. The van der Waals surface area contributed by atoms with Crippen molar-refractivity contribution in [3.8, 4) is 5.75 Å². The normalized spacial score (nSPS) is 10.9. The molecule has 0 aliphatic heterocycles. The molecule has 0 amide bonds. The highest BCUT2D eigenvalue weighted by Gasteiger charge is 2.30. The molecule has 4 heteroatoms. The van der Waals surface area contributed by atoms with Crippen molar-refractivity contribution in [2.24, 2.45) is 0 Å². The molecule has 0 unspecified atom stereocenters. The minimum atomic E-state index is -0.877. The van der Waals surface area contributed by atoms with E-state index in [1.54, 1.807) is 19.9 Å². The van der Waals surface area contributed by atoms with Crippen LogP contribution in [0.1, 0.15) is 19.4 Å². The molecule has 0 aromatic heterocycles. The van der Waals surface area contributed by atoms with Crippen molar-refractivity contribution in [1.29, 1.82) is 0 Å². The summed E-state index contributed by atoms with van der Waals surface area (Å²) >= 11 is 3.19. The summed E-state index contributed by atoms with van der Waals surface area (Å²) < 4.78 is 19.2. The Morgan fingerprint density at radius 2 is 2.07 bits per heavy atom. The summed E-state index contributed by atoms with van der Waals surface area (Å²) in [5.41, 5.74) is -0.532. The van der Waals surface area contributed by atoms with Crippen LogP contribution in [0.3, 0.4) is 0 Å². The van der Waals surface area contributed by atoms with E-state index >= 15 is 0 Å². The molecular weight excluding hydrogens is 261 g/mol. The van der Waals surface area contributed by atoms with E-state index in [-0.39, 0.29) is 0 Å². The van der Waals surface area contributed by atoms with E-state index in [4.69, 9.17) is 11.3 Å². The zero-order valence-electron chi connectivity index (χ0n) is 8.77. The van der Waals surface area contributed by atoms with E-state index in [2.05, 4.69) is 20.8 Å². The third-order valence-electron chi connectivity index (χ3n) is 2.18. The van der Waals surface area contributed by atoms with Crippen LogP contribution in [-0.2, 0) is 5.54 Å². The quantitative estimate of drug-likeness (QED) is 0.747. The molecule has 0 saturated carbocycles. The molecule has 0 heterocycles. The molecule has 80 valence electrons. The third-order valence-corrected chi connectivity index (χ3v) is 2.80. The Hall–Kier alpha value is -1.08. The Morgan fingerprint density at radius 1 is 1.47 bits per heavy atom. The van der Waals surface area contributed by atoms with Crippen molar-refractivity contribution >= 4 is 15.9 Å². The van der Waals surface area contributed by atoms with Gasteiger partial charge in [-0.15, -0.1) is 0 Å². The van der Waals surface area contributed by atoms with Gasteiger partial charge in [-0.05, 0) is 28.1 Å². The van der Waals surface area contributed by atoms with Gasteiger partial charge < -0.3 is 9.58 Å². The van der Waals surface area contributed by atoms with Gasteiger partial charge in [-0.1, -0.05) is 0 Å². The second-order valence-corrected chi connectivity index (χ2v) is 4.49. The van der Waals surface area contributed by atoms with Gasteiger partial charge in [0, 0.05) is 13.8 Å². The van der Waals surface area contributed by atoms with Crippen LogP contribution in [0, 0.1) is 12.4 Å². The lowest BCUT2D eigenvalue weighted by molar-refractivity contribution is 0.408. The number of benzene rings is 1. The van der Waals surface area contributed by atoms with E-state index in [0.29, 0.717) is 15.8 Å². The molecule has 0 aliphatic rings. The number of ether oxygens (including phenoxy) is 1. The van der Waals surface area contributed by atoms with Crippen LogP contribution in [-0.4, -0.2) is 7.11 Å². The fraction of sp³-hybridized carbons (Fsp3) is 0.364. The van der Waals surface area contributed by atoms with E-state index in [1.165, 1.54) is 13.2 Å². The fourth-order valence-electron chi connectivity index (χ4n) is 1.21. The van der Waals surface area contributed by atoms with Crippen LogP contribution in [0.2, 0.25) is 0 Å². The minimum Gasteiger partial charge on any atom is -0.496 e. The molecule has 1 aromatic carbocycles. The van der Waals surface area contributed by atoms with Gasteiger partial charge in [0.2, 0.25) is 0 Å². The smallest absolute Gasteiger partial charge is 0.255 e. The highest BCUT2D eigenvalue weighted by atomic mass is 79.9. The summed E-state index contributed by atoms with van der Waals surface area (Å²) in [7, 11) is 1.51. The Morgan fingerprint density at radius 3 is 2.53 bits per heavy atom. The van der Waals surface area contributed by atoms with Gasteiger partial charge in [0.25, 0.3) is 5.54 Å². The van der Waals surface area contributed by atoms with Crippen molar-refractivity contribution in [3.63, 3.8) is 0 Å². The van der Waals surface area contributed by atoms with Crippen LogP contribution in [0.5, 0.6) is 5.75 Å². The molecule has 0 atom stereocenters. The molecule has 0 spiro atoms. The fourth-order valence-corrected chi connectivity index (χ4v) is 1.69. The Balaban J connectivity index is 3.38. The Labute approximate surface area is 97.0 Å². The molecule has 1 aromatic rings. The van der Waals surface area contributed by atoms with E-state index in [1.807, 2.05) is 0 Å². The molecule has 0 saturated heterocycles. The number of rotatable bonds is 2. The molecule has 2 nitrogen and oxygen atoms in total. The summed E-state index contributed by atoms with van der Waals surface area (Å²) in [5.74, 6) is 0.131. The Kier molecular flexibility index (Phi) is 3.35. The average Bonchev–Trinajstić information content (AvgIpc) is 2.17. The number of hydrogen-bond acceptors (Lipinski definition) is 1. The molecular formula is C11H11BrFNO. The van der Waals surface area contributed by atoms with Gasteiger partial charge in [-0.2, -0.15) is 0 Å². The summed E-state index contributed by atoms with van der Waals surface area (Å²) in [6.07, 6.45) is 0. The van der Waals surface area contributed by atoms with E-state index in [0.717, 1.165) is 0 Å². The summed E-state index contributed by atoms with van der Waals surface area (Å²) in [6.45, 7) is 10.4. The zero-order chi connectivity index (χ0) is 11.6. The zero-order valence-corrected chi connectivity index (χ0v) is 10.4. The van der Waals surface area contributed by atoms with Crippen LogP contribution < -0.4 is 4.74 Å². The molecule has 0 N–H and O–H groups in total. The maximum absolute atomic E-state index is 13.6. The number of nitrogens with zero attached hydrogens (tertiary/aromatic N) is 1. The van der Waals surface area contributed by atoms with Gasteiger partial charge in [0.1, 0.15) is 11.6 Å². The van der Waals surface area contributed by atoms with Crippen molar-refractivity contribution in [2.75, 3.05) is 7.11 Å². The van der Waals surface area contributed by atoms with Crippen LogP contribution in [0.25, 0.3) is 4.85 Å². The third kappa shape index (κ3) is 2.29. The topological polar surface area (TPSA) is 13.6 Å². The first-order valence-corrected chi connectivity index (χ1v) is 5.14. The highest BCUT2D eigenvalue weighted by molar-refractivity contribution is 9.10. The average molecular weight is 272 g/mol. The SMILES string of the molecule is [C-]#[N+]C(C)(C)c1cc(OC)c(Br)cc1F. The predicted octanol–water partition coefficient (Wildman–Crippen LogP) is 3.75. The molecule has 0 radical (unpaired) electrons. The van der Waals surface area contributed by atoms with E-state index in [9.17, 15) is 4.39 Å². The second kappa shape index (κ2) is 4.19. The molecule has 0 fully saturated rings. The molecule has 0 bridgehead atoms. The molecule has 15 heavy (non-hydrogen) atoms. The van der Waals surface area contributed by atoms with E-state index < -0.39 is 11.4 Å². The highest BCUT2D eigenvalue weighted by Crippen LogP contribution is 2.34. The van der Waals surface area contributed by atoms with Crippen molar-refractivity contribution in [3.05, 3.63) is 39.4 Å². The first-order valence-electron chi connectivity index (χ1n) is 4.34. The Bertz CT molecular complexity index is 423. The minimum absolute atomic E-state index is 0.345. The maximum atomic E-state index is 13.6. The lowest BCUT2D eigenvalue weighted by atomic mass is 9.94. The first-order chi connectivity index (χ1) is 6.92. The number of halogens is 2. The van der Waals surface area contributed by atoms with Gasteiger partial charge in [-0.3, -0.25) is 0 Å². The lowest BCUT2D eigenvalue weighted by Crippen LogP contribution is -2.13. The van der Waals surface area contributed by atoms with Crippen LogP contribution in [0.4, 0.5) is 4.39 Å². The predicted molar refractivity (Wildman–Crippen MR) is 60.3 cm³/mol. The van der Waals surface area contributed by atoms with Gasteiger partial charge in [0.15, 0.2) is 0 Å². The molecule has 0 aliphatic carbocycles. The molecule has 1 rings (SSSR count). The van der Waals surface area contributed by atoms with Crippen molar-refractivity contribution in [2.45, 2.75) is 19.4 Å².